The number of hydrogen-bond donors (Lipinski definition) is 0. The van der Waals surface area contributed by atoms with Crippen molar-refractivity contribution >= 4 is 30.0 Å². The van der Waals surface area contributed by atoms with Crippen LogP contribution in [0.25, 0.3) is 0 Å². The summed E-state index contributed by atoms with van der Waals surface area (Å²) in [7, 11) is 1.05. The van der Waals surface area contributed by atoms with Crippen LogP contribution in [0.5, 0.6) is 17.2 Å². The van der Waals surface area contributed by atoms with Crippen molar-refractivity contribution in [2.24, 2.45) is 11.8 Å². The Kier molecular flexibility index (Phi) is 9.50. The van der Waals surface area contributed by atoms with Crippen molar-refractivity contribution in [2.75, 3.05) is 14.2 Å². The molecule has 2 rings (SSSR count). The Morgan fingerprint density at radius 1 is 1.21 bits per heavy atom. The van der Waals surface area contributed by atoms with Gasteiger partial charge in [0.1, 0.15) is 11.5 Å². The molecular weight excluding hydrogens is 512 g/mol. The van der Waals surface area contributed by atoms with E-state index in [9.17, 15) is 4.79 Å². The quantitative estimate of drug-likeness (QED) is 0.230. The number of ether oxygens (including phenoxy) is 3. The molecule has 0 spiro atoms. The molecule has 0 saturated carbocycles. The lowest BCUT2D eigenvalue weighted by molar-refractivity contribution is -0.146. The predicted octanol–water partition coefficient (Wildman–Crippen LogP) is 7.80. The van der Waals surface area contributed by atoms with Crippen LogP contribution < -0.4 is 13.9 Å². The predicted molar refractivity (Wildman–Crippen MR) is 145 cm³/mol. The second kappa shape index (κ2) is 11.2. The van der Waals surface area contributed by atoms with Gasteiger partial charge in [0.2, 0.25) is 0 Å². The molecule has 1 aromatic rings. The molecule has 5 nitrogen and oxygen atoms in total. The lowest BCUT2D eigenvalue weighted by Gasteiger charge is -2.40. The summed E-state index contributed by atoms with van der Waals surface area (Å²) in [5, 5.41) is -0.0172. The van der Waals surface area contributed by atoms with E-state index >= 15 is 0 Å². The van der Waals surface area contributed by atoms with Gasteiger partial charge in [-0.25, -0.2) is 0 Å². The molecular formula is C27H43BrO5Si. The smallest absolute Gasteiger partial charge is 0.250 e. The van der Waals surface area contributed by atoms with Crippen molar-refractivity contribution in [3.63, 3.8) is 0 Å². The van der Waals surface area contributed by atoms with E-state index in [0.717, 1.165) is 28.4 Å². The van der Waals surface area contributed by atoms with Crippen LogP contribution in [-0.2, 0) is 9.53 Å². The van der Waals surface area contributed by atoms with Gasteiger partial charge >= 0.3 is 0 Å². The van der Waals surface area contributed by atoms with E-state index in [2.05, 4.69) is 63.3 Å². The molecule has 4 atom stereocenters. The SMILES string of the molecule is C=C[C@@H](C)CC[C@H]1O[C@@H](c2c(Br)c(OC)c(C)c(OC)c2O[Si](C)(C)C(C)(C)C)CC(=O)[C@H]1C. The maximum Gasteiger partial charge on any atom is 0.250 e. The van der Waals surface area contributed by atoms with Gasteiger partial charge in [-0.2, -0.15) is 0 Å². The Morgan fingerprint density at radius 2 is 1.79 bits per heavy atom. The molecule has 34 heavy (non-hydrogen) atoms. The van der Waals surface area contributed by atoms with E-state index in [0.29, 0.717) is 23.2 Å². The lowest BCUT2D eigenvalue weighted by Crippen LogP contribution is -2.44. The Bertz CT molecular complexity index is 906. The first-order valence-corrected chi connectivity index (χ1v) is 15.8. The summed E-state index contributed by atoms with van der Waals surface area (Å²) >= 11 is 3.78. The van der Waals surface area contributed by atoms with Crippen molar-refractivity contribution in [1.29, 1.82) is 0 Å². The number of Topliss-reactive ketones (excluding diaryl/α,β-unsaturated/α-hetero) is 1. The van der Waals surface area contributed by atoms with Gasteiger partial charge in [0, 0.05) is 23.5 Å². The number of halogens is 1. The number of ketones is 1. The van der Waals surface area contributed by atoms with Crippen molar-refractivity contribution in [3.05, 3.63) is 28.3 Å². The van der Waals surface area contributed by atoms with Crippen LogP contribution in [0.1, 0.15) is 71.1 Å². The van der Waals surface area contributed by atoms with Crippen molar-refractivity contribution in [3.8, 4) is 17.2 Å². The lowest BCUT2D eigenvalue weighted by atomic mass is 9.85. The third kappa shape index (κ3) is 5.90. The number of rotatable bonds is 9. The van der Waals surface area contributed by atoms with Crippen LogP contribution in [0.2, 0.25) is 18.1 Å². The first kappa shape index (κ1) is 28.9. The van der Waals surface area contributed by atoms with Gasteiger partial charge in [-0.3, -0.25) is 4.79 Å². The highest BCUT2D eigenvalue weighted by atomic mass is 79.9. The minimum atomic E-state index is -2.24. The Balaban J connectivity index is 2.66. The van der Waals surface area contributed by atoms with E-state index in [1.165, 1.54) is 0 Å². The third-order valence-corrected chi connectivity index (χ3v) is 12.7. The second-order valence-corrected chi connectivity index (χ2v) is 16.5. The molecule has 0 bridgehead atoms. The number of hydrogen-bond acceptors (Lipinski definition) is 5. The molecule has 0 N–H and O–H groups in total. The van der Waals surface area contributed by atoms with Crippen LogP contribution in [0.15, 0.2) is 17.1 Å². The van der Waals surface area contributed by atoms with Gasteiger partial charge in [0.25, 0.3) is 8.32 Å². The Hall–Kier alpha value is -1.31. The maximum absolute atomic E-state index is 13.1. The summed E-state index contributed by atoms with van der Waals surface area (Å²) in [5.74, 6) is 2.38. The standard InChI is InChI=1S/C27H43BrO5Si/c1-12-16(2)13-14-20-17(3)19(29)15-21(32-20)22-23(28)24(30-8)18(4)25(31-9)26(22)33-34(10,11)27(5,6)7/h12,16-17,20-21H,1,13-15H2,2-11H3/t16-,17-,20-,21-/m1/s1. The summed E-state index contributed by atoms with van der Waals surface area (Å²) in [6, 6.07) is 0. The summed E-state index contributed by atoms with van der Waals surface area (Å²) < 4.78 is 25.9. The molecule has 1 aromatic carbocycles. The minimum Gasteiger partial charge on any atom is -0.541 e. The summed E-state index contributed by atoms with van der Waals surface area (Å²) in [5.41, 5.74) is 1.65. The van der Waals surface area contributed by atoms with E-state index < -0.39 is 14.4 Å². The fourth-order valence-electron chi connectivity index (χ4n) is 4.05. The molecule has 192 valence electrons. The van der Waals surface area contributed by atoms with Crippen molar-refractivity contribution in [2.45, 2.75) is 91.1 Å². The average molecular weight is 556 g/mol. The highest BCUT2D eigenvalue weighted by Gasteiger charge is 2.43. The fraction of sp³-hybridized carbons (Fsp3) is 0.667. The van der Waals surface area contributed by atoms with Crippen LogP contribution in [-0.4, -0.2) is 34.4 Å². The maximum atomic E-state index is 13.1. The van der Waals surface area contributed by atoms with Crippen LogP contribution in [0.4, 0.5) is 0 Å². The largest absolute Gasteiger partial charge is 0.541 e. The minimum absolute atomic E-state index is 0.0172. The normalized spacial score (nSPS) is 22.3. The number of allylic oxidation sites excluding steroid dienone is 1. The molecule has 0 aliphatic carbocycles. The van der Waals surface area contributed by atoms with Gasteiger partial charge in [-0.15, -0.1) is 6.58 Å². The van der Waals surface area contributed by atoms with E-state index in [4.69, 9.17) is 18.6 Å². The summed E-state index contributed by atoms with van der Waals surface area (Å²) in [6.45, 7) is 21.0. The monoisotopic (exact) mass is 554 g/mol. The van der Waals surface area contributed by atoms with Gasteiger partial charge < -0.3 is 18.6 Å². The topological polar surface area (TPSA) is 54.0 Å². The molecule has 1 aliphatic heterocycles. The van der Waals surface area contributed by atoms with Gasteiger partial charge in [-0.1, -0.05) is 40.7 Å². The van der Waals surface area contributed by atoms with E-state index in [1.807, 2.05) is 19.9 Å². The van der Waals surface area contributed by atoms with Gasteiger partial charge in [0.05, 0.1) is 30.9 Å². The number of carbonyl (C=O) groups excluding carboxylic acids is 1. The third-order valence-electron chi connectivity index (χ3n) is 7.56. The molecule has 1 heterocycles. The molecule has 1 saturated heterocycles. The number of methoxy groups -OCH3 is 2. The van der Waals surface area contributed by atoms with Gasteiger partial charge in [0.15, 0.2) is 11.5 Å². The van der Waals surface area contributed by atoms with Crippen LogP contribution in [0, 0.1) is 18.8 Å². The second-order valence-electron chi connectivity index (χ2n) is 11.0. The molecule has 0 radical (unpaired) electrons. The average Bonchev–Trinajstić information content (AvgIpc) is 2.74. The highest BCUT2D eigenvalue weighted by molar-refractivity contribution is 9.10. The van der Waals surface area contributed by atoms with Crippen LogP contribution in [0.3, 0.4) is 0 Å². The highest BCUT2D eigenvalue weighted by Crippen LogP contribution is 2.53. The molecule has 0 aromatic heterocycles. The van der Waals surface area contributed by atoms with Crippen molar-refractivity contribution in [1.82, 2.24) is 0 Å². The zero-order valence-electron chi connectivity index (χ0n) is 22.6. The number of carbonyl (C=O) groups is 1. The zero-order valence-corrected chi connectivity index (χ0v) is 25.2. The molecule has 1 fully saturated rings. The summed E-state index contributed by atoms with van der Waals surface area (Å²) in [4.78, 5) is 13.1. The van der Waals surface area contributed by atoms with E-state index in [1.54, 1.807) is 14.2 Å². The Morgan fingerprint density at radius 3 is 2.29 bits per heavy atom. The summed E-state index contributed by atoms with van der Waals surface area (Å²) in [6.07, 6.45) is 3.34. The van der Waals surface area contributed by atoms with Crippen molar-refractivity contribution < 1.29 is 23.4 Å². The first-order chi connectivity index (χ1) is 15.7. The first-order valence-electron chi connectivity index (χ1n) is 12.1. The van der Waals surface area contributed by atoms with E-state index in [-0.39, 0.29) is 29.3 Å². The molecule has 0 amide bonds. The molecule has 1 aliphatic rings. The Labute approximate surface area is 215 Å². The zero-order chi connectivity index (χ0) is 26.0. The fourth-order valence-corrected chi connectivity index (χ4v) is 5.97. The van der Waals surface area contributed by atoms with Crippen LogP contribution >= 0.6 is 15.9 Å². The van der Waals surface area contributed by atoms with Gasteiger partial charge in [-0.05, 0) is 59.7 Å². The molecule has 7 heteroatoms. The number of benzene rings is 1. The molecule has 0 unspecified atom stereocenters.